The number of aromatic nitrogens is 3. The fourth-order valence-corrected chi connectivity index (χ4v) is 3.07. The van der Waals surface area contributed by atoms with Crippen molar-refractivity contribution in [3.05, 3.63) is 41.0 Å². The number of halogens is 3. The number of benzene rings is 1. The van der Waals surface area contributed by atoms with E-state index in [1.165, 1.54) is 11.0 Å². The normalized spacial score (nSPS) is 14.0. The van der Waals surface area contributed by atoms with Gasteiger partial charge in [0.1, 0.15) is 5.75 Å². The summed E-state index contributed by atoms with van der Waals surface area (Å²) in [5.41, 5.74) is -1.12. The molecule has 2 amide bonds. The van der Waals surface area contributed by atoms with E-state index in [1.807, 2.05) is 13.8 Å². The number of nitrogens with zero attached hydrogens (tertiary/aromatic N) is 4. The number of amides is 2. The average molecular weight is 411 g/mol. The molecule has 0 unspecified atom stereocenters. The van der Waals surface area contributed by atoms with Crippen LogP contribution in [0.3, 0.4) is 0 Å². The topological polar surface area (TPSA) is 89.3 Å². The molecule has 0 aliphatic carbocycles. The van der Waals surface area contributed by atoms with E-state index in [1.54, 1.807) is 4.57 Å². The van der Waals surface area contributed by atoms with E-state index in [-0.39, 0.29) is 48.7 Å². The van der Waals surface area contributed by atoms with E-state index in [0.717, 1.165) is 19.2 Å². The minimum absolute atomic E-state index is 0.0359. The van der Waals surface area contributed by atoms with Gasteiger partial charge in [-0.1, -0.05) is 0 Å². The third kappa shape index (κ3) is 4.17. The van der Waals surface area contributed by atoms with Gasteiger partial charge in [0, 0.05) is 24.7 Å². The van der Waals surface area contributed by atoms with Crippen LogP contribution in [0.15, 0.2) is 18.2 Å². The Bertz CT molecular complexity index is 939. The highest BCUT2D eigenvalue weighted by Gasteiger charge is 2.36. The summed E-state index contributed by atoms with van der Waals surface area (Å²) in [7, 11) is 1.14. The highest BCUT2D eigenvalue weighted by molar-refractivity contribution is 5.95. The molecule has 0 saturated carbocycles. The Morgan fingerprint density at radius 2 is 1.93 bits per heavy atom. The molecule has 0 bridgehead atoms. The highest BCUT2D eigenvalue weighted by atomic mass is 19.4. The Balaban J connectivity index is 1.82. The third-order valence-electron chi connectivity index (χ3n) is 4.42. The largest absolute Gasteiger partial charge is 0.496 e. The molecule has 11 heteroatoms. The second-order valence-corrected chi connectivity index (χ2v) is 6.86. The van der Waals surface area contributed by atoms with Crippen LogP contribution in [0.1, 0.15) is 46.2 Å². The molecule has 1 aliphatic heterocycles. The van der Waals surface area contributed by atoms with Gasteiger partial charge in [0.15, 0.2) is 5.82 Å². The Morgan fingerprint density at radius 3 is 2.55 bits per heavy atom. The van der Waals surface area contributed by atoms with E-state index >= 15 is 0 Å². The lowest BCUT2D eigenvalue weighted by molar-refractivity contribution is -0.138. The predicted molar refractivity (Wildman–Crippen MR) is 95.4 cm³/mol. The van der Waals surface area contributed by atoms with Gasteiger partial charge in [-0.3, -0.25) is 9.59 Å². The molecule has 3 rings (SSSR count). The molecule has 1 N–H and O–H groups in total. The molecule has 2 heterocycles. The van der Waals surface area contributed by atoms with Crippen molar-refractivity contribution in [1.82, 2.24) is 25.0 Å². The summed E-state index contributed by atoms with van der Waals surface area (Å²) >= 11 is 0. The predicted octanol–water partition coefficient (Wildman–Crippen LogP) is 2.10. The molecular formula is C18H20F3N5O3. The Hall–Kier alpha value is -3.11. The molecule has 156 valence electrons. The summed E-state index contributed by atoms with van der Waals surface area (Å²) < 4.78 is 46.0. The standard InChI is InChI=1S/C18H20F3N5O3/c1-10(2)22-16(27)15-24-23-14-9-25(6-7-26(14)15)17(28)11-4-5-13(29-3)12(8-11)18(19,20)21/h4-5,8,10H,6-7,9H2,1-3H3,(H,22,27). The van der Waals surface area contributed by atoms with E-state index in [0.29, 0.717) is 5.82 Å². The average Bonchev–Trinajstić information content (AvgIpc) is 3.09. The van der Waals surface area contributed by atoms with Gasteiger partial charge in [0.25, 0.3) is 11.8 Å². The number of methoxy groups -OCH3 is 1. The summed E-state index contributed by atoms with van der Waals surface area (Å²) in [4.78, 5) is 26.3. The highest BCUT2D eigenvalue weighted by Crippen LogP contribution is 2.37. The van der Waals surface area contributed by atoms with Crippen LogP contribution >= 0.6 is 0 Å². The van der Waals surface area contributed by atoms with Crippen molar-refractivity contribution in [2.45, 2.75) is 39.2 Å². The molecule has 0 saturated heterocycles. The quantitative estimate of drug-likeness (QED) is 0.832. The van der Waals surface area contributed by atoms with Crippen molar-refractivity contribution in [3.63, 3.8) is 0 Å². The SMILES string of the molecule is COc1ccc(C(=O)N2CCn3c(nnc3C(=O)NC(C)C)C2)cc1C(F)(F)F. The van der Waals surface area contributed by atoms with Gasteiger partial charge in [-0.05, 0) is 32.0 Å². The maximum Gasteiger partial charge on any atom is 0.419 e. The molecule has 1 aromatic heterocycles. The number of carbonyl (C=O) groups is 2. The molecule has 29 heavy (non-hydrogen) atoms. The van der Waals surface area contributed by atoms with Gasteiger partial charge in [0.05, 0.1) is 19.2 Å². The number of ether oxygens (including phenoxy) is 1. The molecule has 0 radical (unpaired) electrons. The molecule has 1 aliphatic rings. The first-order chi connectivity index (χ1) is 13.6. The van der Waals surface area contributed by atoms with Crippen LogP contribution in [0, 0.1) is 0 Å². The van der Waals surface area contributed by atoms with Crippen LogP contribution in [-0.4, -0.2) is 51.2 Å². The maximum atomic E-state index is 13.2. The van der Waals surface area contributed by atoms with Gasteiger partial charge in [-0.15, -0.1) is 10.2 Å². The number of fused-ring (bicyclic) bond motifs is 1. The van der Waals surface area contributed by atoms with Gasteiger partial charge in [0.2, 0.25) is 5.82 Å². The molecule has 2 aromatic rings. The van der Waals surface area contributed by atoms with E-state index in [9.17, 15) is 22.8 Å². The summed E-state index contributed by atoms with van der Waals surface area (Å²) in [6.45, 7) is 4.14. The monoisotopic (exact) mass is 411 g/mol. The van der Waals surface area contributed by atoms with Crippen LogP contribution in [0.5, 0.6) is 5.75 Å². The fourth-order valence-electron chi connectivity index (χ4n) is 3.07. The molecule has 1 aromatic carbocycles. The van der Waals surface area contributed by atoms with Gasteiger partial charge in [-0.25, -0.2) is 0 Å². The second-order valence-electron chi connectivity index (χ2n) is 6.86. The smallest absolute Gasteiger partial charge is 0.419 e. The lowest BCUT2D eigenvalue weighted by Gasteiger charge is -2.28. The molecular weight excluding hydrogens is 391 g/mol. The first kappa shape index (κ1) is 20.6. The number of carbonyl (C=O) groups excluding carboxylic acids is 2. The van der Waals surface area contributed by atoms with Crippen molar-refractivity contribution in [2.24, 2.45) is 0 Å². The zero-order valence-electron chi connectivity index (χ0n) is 16.1. The maximum absolute atomic E-state index is 13.2. The van der Waals surface area contributed by atoms with Crippen LogP contribution in [0.4, 0.5) is 13.2 Å². The van der Waals surface area contributed by atoms with Crippen molar-refractivity contribution >= 4 is 11.8 Å². The van der Waals surface area contributed by atoms with Crippen molar-refractivity contribution in [2.75, 3.05) is 13.7 Å². The van der Waals surface area contributed by atoms with Crippen LogP contribution < -0.4 is 10.1 Å². The molecule has 8 nitrogen and oxygen atoms in total. The van der Waals surface area contributed by atoms with Crippen LogP contribution in [0.25, 0.3) is 0 Å². The summed E-state index contributed by atoms with van der Waals surface area (Å²) in [5, 5.41) is 10.6. The van der Waals surface area contributed by atoms with Crippen LogP contribution in [0.2, 0.25) is 0 Å². The fraction of sp³-hybridized carbons (Fsp3) is 0.444. The second kappa shape index (κ2) is 7.72. The van der Waals surface area contributed by atoms with Gasteiger partial charge >= 0.3 is 6.18 Å². The summed E-state index contributed by atoms with van der Waals surface area (Å²) in [6, 6.07) is 3.12. The van der Waals surface area contributed by atoms with E-state index in [2.05, 4.69) is 15.5 Å². The van der Waals surface area contributed by atoms with E-state index < -0.39 is 17.6 Å². The number of rotatable bonds is 4. The summed E-state index contributed by atoms with van der Waals surface area (Å²) in [6.07, 6.45) is -4.65. The zero-order valence-corrected chi connectivity index (χ0v) is 16.1. The molecule has 0 fully saturated rings. The molecule has 0 atom stereocenters. The van der Waals surface area contributed by atoms with Gasteiger partial charge < -0.3 is 19.5 Å². The number of hydrogen-bond donors (Lipinski definition) is 1. The number of hydrogen-bond acceptors (Lipinski definition) is 5. The zero-order chi connectivity index (χ0) is 21.3. The lowest BCUT2D eigenvalue weighted by Crippen LogP contribution is -2.40. The van der Waals surface area contributed by atoms with Crippen molar-refractivity contribution in [1.29, 1.82) is 0 Å². The Morgan fingerprint density at radius 1 is 1.21 bits per heavy atom. The number of nitrogens with one attached hydrogen (secondary N) is 1. The van der Waals surface area contributed by atoms with E-state index in [4.69, 9.17) is 4.74 Å². The van der Waals surface area contributed by atoms with Crippen molar-refractivity contribution < 1.29 is 27.5 Å². The first-order valence-electron chi connectivity index (χ1n) is 8.89. The third-order valence-corrected chi connectivity index (χ3v) is 4.42. The number of alkyl halides is 3. The van der Waals surface area contributed by atoms with Crippen LogP contribution in [-0.2, 0) is 19.3 Å². The Labute approximate surface area is 164 Å². The first-order valence-corrected chi connectivity index (χ1v) is 8.89. The summed E-state index contributed by atoms with van der Waals surface area (Å²) in [5.74, 6) is -0.759. The molecule has 0 spiro atoms. The minimum Gasteiger partial charge on any atom is -0.496 e. The minimum atomic E-state index is -4.65. The Kier molecular flexibility index (Phi) is 5.49. The van der Waals surface area contributed by atoms with Gasteiger partial charge in [-0.2, -0.15) is 13.2 Å². The van der Waals surface area contributed by atoms with Crippen molar-refractivity contribution in [3.8, 4) is 5.75 Å². The lowest BCUT2D eigenvalue weighted by atomic mass is 10.1.